The van der Waals surface area contributed by atoms with Gasteiger partial charge in [-0.1, -0.05) is 0 Å². The lowest BCUT2D eigenvalue weighted by Gasteiger charge is -2.13. The van der Waals surface area contributed by atoms with E-state index < -0.39 is 23.5 Å². The van der Waals surface area contributed by atoms with Crippen molar-refractivity contribution in [3.63, 3.8) is 0 Å². The maximum atomic E-state index is 13.4. The van der Waals surface area contributed by atoms with Crippen LogP contribution in [-0.2, 0) is 4.74 Å². The molecule has 4 heteroatoms. The first kappa shape index (κ1) is 11.2. The molecule has 0 aromatic heterocycles. The van der Waals surface area contributed by atoms with Crippen LogP contribution in [0.5, 0.6) is 0 Å². The second kappa shape index (κ2) is 4.29. The quantitative estimate of drug-likeness (QED) is 0.737. The highest BCUT2D eigenvalue weighted by Gasteiger charge is 2.37. The summed E-state index contributed by atoms with van der Waals surface area (Å²) in [4.78, 5) is 11.9. The van der Waals surface area contributed by atoms with Crippen LogP contribution in [0.1, 0.15) is 23.2 Å². The SMILES string of the molecule is COC(C(=O)c1cc(F)ccc1F)C1CC1. The van der Waals surface area contributed by atoms with Crippen LogP contribution in [0.2, 0.25) is 0 Å². The van der Waals surface area contributed by atoms with Crippen LogP contribution < -0.4 is 0 Å². The largest absolute Gasteiger partial charge is 0.373 e. The molecular formula is C12H12F2O2. The monoisotopic (exact) mass is 226 g/mol. The van der Waals surface area contributed by atoms with Crippen molar-refractivity contribution in [1.29, 1.82) is 0 Å². The summed E-state index contributed by atoms with van der Waals surface area (Å²) in [7, 11) is 1.41. The molecule has 1 aliphatic rings. The fourth-order valence-corrected chi connectivity index (χ4v) is 1.75. The van der Waals surface area contributed by atoms with Gasteiger partial charge in [-0.3, -0.25) is 4.79 Å². The number of ketones is 1. The Morgan fingerprint density at radius 3 is 2.69 bits per heavy atom. The highest BCUT2D eigenvalue weighted by molar-refractivity contribution is 6.00. The van der Waals surface area contributed by atoms with Crippen LogP contribution in [0.3, 0.4) is 0 Å². The van der Waals surface area contributed by atoms with Gasteiger partial charge in [0.2, 0.25) is 0 Å². The molecule has 1 aromatic carbocycles. The molecule has 0 bridgehead atoms. The summed E-state index contributed by atoms with van der Waals surface area (Å²) in [5.41, 5.74) is -0.223. The molecule has 2 nitrogen and oxygen atoms in total. The van der Waals surface area contributed by atoms with Crippen LogP contribution in [0, 0.1) is 17.6 Å². The number of hydrogen-bond donors (Lipinski definition) is 0. The van der Waals surface area contributed by atoms with Crippen molar-refractivity contribution >= 4 is 5.78 Å². The van der Waals surface area contributed by atoms with E-state index in [2.05, 4.69) is 0 Å². The molecule has 0 saturated heterocycles. The Kier molecular flexibility index (Phi) is 3.01. The van der Waals surface area contributed by atoms with Gasteiger partial charge in [0.25, 0.3) is 0 Å². The Morgan fingerprint density at radius 2 is 2.12 bits per heavy atom. The molecule has 16 heavy (non-hydrogen) atoms. The van der Waals surface area contributed by atoms with Gasteiger partial charge in [0.1, 0.15) is 17.7 Å². The van der Waals surface area contributed by atoms with Gasteiger partial charge in [-0.2, -0.15) is 0 Å². The summed E-state index contributed by atoms with van der Waals surface area (Å²) in [5.74, 6) is -1.63. The van der Waals surface area contributed by atoms with E-state index in [1.807, 2.05) is 0 Å². The third kappa shape index (κ3) is 2.11. The predicted octanol–water partition coefficient (Wildman–Crippen LogP) is 2.57. The molecule has 0 spiro atoms. The molecule has 0 amide bonds. The zero-order chi connectivity index (χ0) is 11.7. The standard InChI is InChI=1S/C12H12F2O2/c1-16-12(7-2-3-7)11(15)9-6-8(13)4-5-10(9)14/h4-7,12H,2-3H2,1H3. The van der Waals surface area contributed by atoms with Crippen molar-refractivity contribution in [1.82, 2.24) is 0 Å². The van der Waals surface area contributed by atoms with Crippen molar-refractivity contribution in [3.8, 4) is 0 Å². The lowest BCUT2D eigenvalue weighted by molar-refractivity contribution is 0.0535. The number of methoxy groups -OCH3 is 1. The Labute approximate surface area is 92.2 Å². The molecule has 1 unspecified atom stereocenters. The molecule has 2 rings (SSSR count). The van der Waals surface area contributed by atoms with E-state index in [1.54, 1.807) is 0 Å². The number of ether oxygens (including phenoxy) is 1. The minimum Gasteiger partial charge on any atom is -0.373 e. The van der Waals surface area contributed by atoms with Crippen molar-refractivity contribution in [3.05, 3.63) is 35.4 Å². The molecule has 0 radical (unpaired) electrons. The minimum absolute atomic E-state index is 0.153. The molecule has 86 valence electrons. The zero-order valence-electron chi connectivity index (χ0n) is 8.87. The number of rotatable bonds is 4. The summed E-state index contributed by atoms with van der Waals surface area (Å²) >= 11 is 0. The minimum atomic E-state index is -0.700. The smallest absolute Gasteiger partial charge is 0.194 e. The maximum Gasteiger partial charge on any atom is 0.194 e. The van der Waals surface area contributed by atoms with Crippen LogP contribution >= 0.6 is 0 Å². The van der Waals surface area contributed by atoms with Crippen LogP contribution in [0.25, 0.3) is 0 Å². The molecule has 1 saturated carbocycles. The van der Waals surface area contributed by atoms with Gasteiger partial charge in [0.05, 0.1) is 5.56 Å². The third-order valence-corrected chi connectivity index (χ3v) is 2.76. The second-order valence-corrected chi connectivity index (χ2v) is 3.98. The van der Waals surface area contributed by atoms with Crippen molar-refractivity contribution < 1.29 is 18.3 Å². The topological polar surface area (TPSA) is 26.3 Å². The molecule has 1 atom stereocenters. The maximum absolute atomic E-state index is 13.4. The predicted molar refractivity (Wildman–Crippen MR) is 54.2 cm³/mol. The first-order chi connectivity index (χ1) is 7.63. The first-order valence-corrected chi connectivity index (χ1v) is 5.15. The van der Waals surface area contributed by atoms with Crippen LogP contribution in [0.4, 0.5) is 8.78 Å². The van der Waals surface area contributed by atoms with Gasteiger partial charge in [0.15, 0.2) is 5.78 Å². The van der Waals surface area contributed by atoms with Crippen LogP contribution in [-0.4, -0.2) is 19.0 Å². The van der Waals surface area contributed by atoms with Gasteiger partial charge in [-0.25, -0.2) is 8.78 Å². The fraction of sp³-hybridized carbons (Fsp3) is 0.417. The lowest BCUT2D eigenvalue weighted by atomic mass is 10.0. The molecule has 0 N–H and O–H groups in total. The van der Waals surface area contributed by atoms with E-state index in [0.717, 1.165) is 31.0 Å². The van der Waals surface area contributed by atoms with E-state index >= 15 is 0 Å². The van der Waals surface area contributed by atoms with Crippen LogP contribution in [0.15, 0.2) is 18.2 Å². The lowest BCUT2D eigenvalue weighted by Crippen LogP contribution is -2.26. The molecule has 1 aliphatic carbocycles. The fourth-order valence-electron chi connectivity index (χ4n) is 1.75. The Morgan fingerprint density at radius 1 is 1.44 bits per heavy atom. The summed E-state index contributed by atoms with van der Waals surface area (Å²) in [6.45, 7) is 0. The van der Waals surface area contributed by atoms with Crippen molar-refractivity contribution in [2.45, 2.75) is 18.9 Å². The highest BCUT2D eigenvalue weighted by atomic mass is 19.1. The van der Waals surface area contributed by atoms with E-state index in [-0.39, 0.29) is 11.5 Å². The summed E-state index contributed by atoms with van der Waals surface area (Å²) in [6, 6.07) is 2.87. The Balaban J connectivity index is 2.28. The van der Waals surface area contributed by atoms with E-state index in [9.17, 15) is 13.6 Å². The summed E-state index contributed by atoms with van der Waals surface area (Å²) < 4.78 is 31.3. The van der Waals surface area contributed by atoms with Gasteiger partial charge in [0, 0.05) is 7.11 Å². The van der Waals surface area contributed by atoms with E-state index in [0.29, 0.717) is 0 Å². The average Bonchev–Trinajstić information content (AvgIpc) is 3.07. The highest BCUT2D eigenvalue weighted by Crippen LogP contribution is 2.35. The van der Waals surface area contributed by atoms with Gasteiger partial charge in [-0.15, -0.1) is 0 Å². The first-order valence-electron chi connectivity index (χ1n) is 5.15. The molecule has 1 aromatic rings. The average molecular weight is 226 g/mol. The molecule has 1 fully saturated rings. The van der Waals surface area contributed by atoms with Gasteiger partial charge in [-0.05, 0) is 37.0 Å². The van der Waals surface area contributed by atoms with Crippen molar-refractivity contribution in [2.75, 3.05) is 7.11 Å². The van der Waals surface area contributed by atoms with Crippen molar-refractivity contribution in [2.24, 2.45) is 5.92 Å². The Bertz CT molecular complexity index is 413. The number of carbonyl (C=O) groups is 1. The van der Waals surface area contributed by atoms with Gasteiger partial charge < -0.3 is 4.74 Å². The summed E-state index contributed by atoms with van der Waals surface area (Å²) in [5, 5.41) is 0. The zero-order valence-corrected chi connectivity index (χ0v) is 8.87. The molecule has 0 aliphatic heterocycles. The number of benzene rings is 1. The Hall–Kier alpha value is -1.29. The normalized spacial score (nSPS) is 17.2. The second-order valence-electron chi connectivity index (χ2n) is 3.98. The number of halogens is 2. The van der Waals surface area contributed by atoms with E-state index in [1.165, 1.54) is 7.11 Å². The molecular weight excluding hydrogens is 214 g/mol. The number of Topliss-reactive ketones (excluding diaryl/α,β-unsaturated/α-hetero) is 1. The summed E-state index contributed by atoms with van der Waals surface area (Å²) in [6.07, 6.45) is 1.17. The molecule has 0 heterocycles. The van der Waals surface area contributed by atoms with Gasteiger partial charge >= 0.3 is 0 Å². The van der Waals surface area contributed by atoms with E-state index in [4.69, 9.17) is 4.74 Å². The third-order valence-electron chi connectivity index (χ3n) is 2.76. The number of carbonyl (C=O) groups excluding carboxylic acids is 1. The number of hydrogen-bond acceptors (Lipinski definition) is 2.